The van der Waals surface area contributed by atoms with E-state index in [1.54, 1.807) is 13.8 Å². The third kappa shape index (κ3) is 4.97. The topological polar surface area (TPSA) is 93.9 Å². The van der Waals surface area contributed by atoms with Crippen LogP contribution in [0.5, 0.6) is 5.75 Å². The Hall–Kier alpha value is -2.08. The number of hydrogen-bond acceptors (Lipinski definition) is 7. The molecule has 1 aromatic carbocycles. The summed E-state index contributed by atoms with van der Waals surface area (Å²) in [6.45, 7) is 7.59. The number of phenolic OH excluding ortho intramolecular Hbond substituents is 1. The van der Waals surface area contributed by atoms with Crippen molar-refractivity contribution in [3.8, 4) is 5.75 Å². The number of aryl methyl sites for hydroxylation is 2. The molecule has 0 aliphatic rings. The second-order valence-corrected chi connectivity index (χ2v) is 7.71. The Morgan fingerprint density at radius 1 is 1.15 bits per heavy atom. The summed E-state index contributed by atoms with van der Waals surface area (Å²) in [6, 6.07) is 3.66. The molecule has 0 unspecified atom stereocenters. The van der Waals surface area contributed by atoms with E-state index in [1.807, 2.05) is 26.0 Å². The minimum absolute atomic E-state index is 0.227. The summed E-state index contributed by atoms with van der Waals surface area (Å²) in [6.07, 6.45) is 4.78. The van der Waals surface area contributed by atoms with Crippen LogP contribution in [0.4, 0.5) is 5.82 Å². The summed E-state index contributed by atoms with van der Waals surface area (Å²) < 4.78 is 24.2. The molecule has 0 aliphatic heterocycles. The van der Waals surface area contributed by atoms with Crippen molar-refractivity contribution in [1.29, 1.82) is 0 Å². The van der Waals surface area contributed by atoms with Crippen molar-refractivity contribution in [2.45, 2.75) is 34.1 Å². The molecule has 0 atom stereocenters. The number of phenols is 1. The first kappa shape index (κ1) is 20.2. The van der Waals surface area contributed by atoms with Gasteiger partial charge >= 0.3 is 7.60 Å². The third-order valence-corrected chi connectivity index (χ3v) is 5.71. The summed E-state index contributed by atoms with van der Waals surface area (Å²) in [7, 11) is -3.58. The van der Waals surface area contributed by atoms with E-state index in [-0.39, 0.29) is 30.8 Å². The predicted octanol–water partition coefficient (Wildman–Crippen LogP) is 4.34. The van der Waals surface area contributed by atoms with Gasteiger partial charge < -0.3 is 14.2 Å². The van der Waals surface area contributed by atoms with Crippen LogP contribution < -0.4 is 0 Å². The molecule has 26 heavy (non-hydrogen) atoms. The summed E-state index contributed by atoms with van der Waals surface area (Å²) >= 11 is 0. The molecular formula is C18H24N3O4P. The largest absolute Gasteiger partial charge is 0.507 e. The van der Waals surface area contributed by atoms with Crippen LogP contribution >= 0.6 is 7.60 Å². The molecule has 0 spiro atoms. The van der Waals surface area contributed by atoms with Gasteiger partial charge in [0.1, 0.15) is 11.2 Å². The molecule has 2 rings (SSSR count). The zero-order chi connectivity index (χ0) is 19.2. The molecule has 7 nitrogen and oxygen atoms in total. The van der Waals surface area contributed by atoms with Crippen molar-refractivity contribution >= 4 is 18.9 Å². The zero-order valence-electron chi connectivity index (χ0n) is 15.5. The fourth-order valence-corrected chi connectivity index (χ4v) is 4.19. The Balaban J connectivity index is 2.50. The Morgan fingerprint density at radius 2 is 1.77 bits per heavy atom. The van der Waals surface area contributed by atoms with Gasteiger partial charge in [-0.1, -0.05) is 12.1 Å². The quantitative estimate of drug-likeness (QED) is 0.543. The van der Waals surface area contributed by atoms with Crippen LogP contribution in [0.25, 0.3) is 0 Å². The number of aromatic nitrogens is 2. The molecule has 0 saturated carbocycles. The minimum atomic E-state index is -3.58. The first-order valence-electron chi connectivity index (χ1n) is 8.42. The van der Waals surface area contributed by atoms with Gasteiger partial charge in [-0.05, 0) is 44.4 Å². The summed E-state index contributed by atoms with van der Waals surface area (Å²) in [5, 5.41) is 9.98. The van der Waals surface area contributed by atoms with E-state index in [1.165, 1.54) is 18.6 Å². The molecule has 2 aromatic rings. The average Bonchev–Trinajstić information content (AvgIpc) is 2.60. The van der Waals surface area contributed by atoms with Gasteiger partial charge in [0, 0.05) is 18.8 Å². The molecular weight excluding hydrogens is 353 g/mol. The molecule has 8 heteroatoms. The van der Waals surface area contributed by atoms with Gasteiger partial charge in [-0.15, -0.1) is 0 Å². The highest BCUT2D eigenvalue weighted by Gasteiger charge is 2.32. The maximum Gasteiger partial charge on any atom is 0.375 e. The molecule has 1 heterocycles. The number of benzene rings is 1. The van der Waals surface area contributed by atoms with Crippen LogP contribution in [0.2, 0.25) is 0 Å². The van der Waals surface area contributed by atoms with Gasteiger partial charge in [0.2, 0.25) is 0 Å². The molecule has 0 bridgehead atoms. The number of rotatable bonds is 8. The zero-order valence-corrected chi connectivity index (χ0v) is 16.4. The monoisotopic (exact) mass is 377 g/mol. The third-order valence-electron chi connectivity index (χ3n) is 3.62. The van der Waals surface area contributed by atoms with Crippen molar-refractivity contribution in [3.05, 3.63) is 47.4 Å². The van der Waals surface area contributed by atoms with Crippen LogP contribution in [0.3, 0.4) is 0 Å². The van der Waals surface area contributed by atoms with Crippen LogP contribution in [-0.2, 0) is 20.0 Å². The molecule has 140 valence electrons. The predicted molar refractivity (Wildman–Crippen MR) is 101 cm³/mol. The first-order chi connectivity index (χ1) is 12.4. The molecule has 0 amide bonds. The Kier molecular flexibility index (Phi) is 7.03. The van der Waals surface area contributed by atoms with Crippen molar-refractivity contribution in [2.75, 3.05) is 13.2 Å². The van der Waals surface area contributed by atoms with E-state index in [0.29, 0.717) is 5.82 Å². The summed E-state index contributed by atoms with van der Waals surface area (Å²) in [5.41, 5.74) is 2.58. The molecule has 0 radical (unpaired) electrons. The van der Waals surface area contributed by atoms with Crippen molar-refractivity contribution in [2.24, 2.45) is 4.99 Å². The van der Waals surface area contributed by atoms with Crippen LogP contribution in [0.1, 0.15) is 30.5 Å². The smallest absolute Gasteiger partial charge is 0.375 e. The van der Waals surface area contributed by atoms with E-state index in [4.69, 9.17) is 9.05 Å². The lowest BCUT2D eigenvalue weighted by Gasteiger charge is -2.19. The Morgan fingerprint density at radius 3 is 2.27 bits per heavy atom. The van der Waals surface area contributed by atoms with Gasteiger partial charge in [-0.2, -0.15) is 0 Å². The maximum absolute atomic E-state index is 13.3. The molecule has 1 aromatic heterocycles. The second kappa shape index (κ2) is 9.03. The fraction of sp³-hybridized carbons (Fsp3) is 0.389. The van der Waals surface area contributed by atoms with E-state index < -0.39 is 7.60 Å². The van der Waals surface area contributed by atoms with E-state index in [9.17, 15) is 9.67 Å². The Bertz CT molecular complexity index is 791. The number of nitrogens with zero attached hydrogens (tertiary/aromatic N) is 3. The summed E-state index contributed by atoms with van der Waals surface area (Å²) in [5.74, 6) is 0.577. The van der Waals surface area contributed by atoms with Gasteiger partial charge in [-0.25, -0.2) is 9.98 Å². The minimum Gasteiger partial charge on any atom is -0.507 e. The van der Waals surface area contributed by atoms with Crippen molar-refractivity contribution in [3.63, 3.8) is 0 Å². The van der Waals surface area contributed by atoms with Gasteiger partial charge in [0.15, 0.2) is 5.82 Å². The van der Waals surface area contributed by atoms with Crippen LogP contribution in [0.15, 0.2) is 35.7 Å². The van der Waals surface area contributed by atoms with E-state index >= 15 is 0 Å². The molecule has 0 saturated heterocycles. The maximum atomic E-state index is 13.3. The normalized spacial score (nSPS) is 12.4. The molecule has 0 aliphatic carbocycles. The SMILES string of the molecule is CCOP(=O)(OCC)C(Cc1cc(C)c(O)c(C)c1)=Nc1cnccn1. The average molecular weight is 377 g/mol. The molecule has 0 fully saturated rings. The number of aromatic hydroxyl groups is 1. The van der Waals surface area contributed by atoms with Gasteiger partial charge in [0.25, 0.3) is 0 Å². The van der Waals surface area contributed by atoms with E-state index in [0.717, 1.165) is 16.7 Å². The van der Waals surface area contributed by atoms with Gasteiger partial charge in [0.05, 0.1) is 19.4 Å². The summed E-state index contributed by atoms with van der Waals surface area (Å²) in [4.78, 5) is 12.5. The highest BCUT2D eigenvalue weighted by molar-refractivity contribution is 7.72. The first-order valence-corrected chi connectivity index (χ1v) is 9.96. The van der Waals surface area contributed by atoms with Crippen LogP contribution in [-0.4, -0.2) is 33.7 Å². The van der Waals surface area contributed by atoms with Crippen LogP contribution in [0, 0.1) is 13.8 Å². The fourth-order valence-electron chi connectivity index (χ4n) is 2.54. The molecule has 1 N–H and O–H groups in total. The lowest BCUT2D eigenvalue weighted by molar-refractivity contribution is 0.232. The van der Waals surface area contributed by atoms with E-state index in [2.05, 4.69) is 15.0 Å². The van der Waals surface area contributed by atoms with Crippen molar-refractivity contribution in [1.82, 2.24) is 9.97 Å². The van der Waals surface area contributed by atoms with Gasteiger partial charge in [-0.3, -0.25) is 9.55 Å². The Labute approximate surface area is 153 Å². The number of aliphatic imine (C=N–C) groups is 1. The number of hydrogen-bond donors (Lipinski definition) is 1. The standard InChI is InChI=1S/C18H24N3O4P/c1-5-24-26(23,25-6-2)17(21-16-12-19-7-8-20-16)11-15-9-13(3)18(22)14(4)10-15/h7-10,12,22H,5-6,11H2,1-4H3. The lowest BCUT2D eigenvalue weighted by Crippen LogP contribution is -2.11. The second-order valence-electron chi connectivity index (χ2n) is 5.68. The lowest BCUT2D eigenvalue weighted by atomic mass is 10.0. The highest BCUT2D eigenvalue weighted by atomic mass is 31.2. The highest BCUT2D eigenvalue weighted by Crippen LogP contribution is 2.51. The van der Waals surface area contributed by atoms with Crippen molar-refractivity contribution < 1.29 is 18.7 Å².